The van der Waals surface area contributed by atoms with E-state index < -0.39 is 5.91 Å². The molecular formula is C16H14BrN3O. The number of rotatable bonds is 4. The number of nitrogens with zero attached hydrogens (tertiary/aromatic N) is 1. The van der Waals surface area contributed by atoms with Gasteiger partial charge < -0.3 is 11.1 Å². The number of nitrogens with two attached hydrogens (primary N) is 1. The normalized spacial score (nSPS) is 9.95. The monoisotopic (exact) mass is 343 g/mol. The number of nitriles is 1. The van der Waals surface area contributed by atoms with Gasteiger partial charge in [-0.2, -0.15) is 5.26 Å². The summed E-state index contributed by atoms with van der Waals surface area (Å²) in [4.78, 5) is 11.1. The summed E-state index contributed by atoms with van der Waals surface area (Å²) in [5.41, 5.74) is 9.14. The highest BCUT2D eigenvalue weighted by Crippen LogP contribution is 2.21. The van der Waals surface area contributed by atoms with Crippen LogP contribution in [0.5, 0.6) is 0 Å². The van der Waals surface area contributed by atoms with E-state index in [1.165, 1.54) is 0 Å². The van der Waals surface area contributed by atoms with Gasteiger partial charge in [0, 0.05) is 16.6 Å². The molecule has 0 spiro atoms. The Hall–Kier alpha value is -2.32. The third kappa shape index (κ3) is 3.61. The lowest BCUT2D eigenvalue weighted by molar-refractivity contribution is 0.1000. The molecule has 0 atom stereocenters. The van der Waals surface area contributed by atoms with Gasteiger partial charge in [-0.1, -0.05) is 22.0 Å². The Morgan fingerprint density at radius 1 is 1.33 bits per heavy atom. The number of hydrogen-bond acceptors (Lipinski definition) is 3. The van der Waals surface area contributed by atoms with E-state index in [2.05, 4.69) is 27.3 Å². The van der Waals surface area contributed by atoms with Crippen LogP contribution in [0.25, 0.3) is 0 Å². The Kier molecular flexibility index (Phi) is 4.61. The van der Waals surface area contributed by atoms with Gasteiger partial charge >= 0.3 is 0 Å². The van der Waals surface area contributed by atoms with Crippen LogP contribution in [0, 0.1) is 18.3 Å². The van der Waals surface area contributed by atoms with E-state index in [0.29, 0.717) is 17.7 Å². The molecule has 0 heterocycles. The molecule has 5 heteroatoms. The van der Waals surface area contributed by atoms with Gasteiger partial charge in [-0.05, 0) is 48.4 Å². The lowest BCUT2D eigenvalue weighted by Gasteiger charge is -2.11. The molecule has 2 aromatic rings. The fourth-order valence-corrected chi connectivity index (χ4v) is 2.36. The molecule has 0 radical (unpaired) electrons. The molecule has 0 fully saturated rings. The summed E-state index contributed by atoms with van der Waals surface area (Å²) < 4.78 is 0.867. The van der Waals surface area contributed by atoms with Crippen LogP contribution in [0.15, 0.2) is 40.9 Å². The van der Waals surface area contributed by atoms with E-state index in [4.69, 9.17) is 11.0 Å². The molecule has 0 unspecified atom stereocenters. The minimum Gasteiger partial charge on any atom is -0.380 e. The molecule has 0 aliphatic carbocycles. The summed E-state index contributed by atoms with van der Waals surface area (Å²) in [7, 11) is 0. The summed E-state index contributed by atoms with van der Waals surface area (Å²) >= 11 is 3.34. The maximum absolute atomic E-state index is 11.1. The van der Waals surface area contributed by atoms with Crippen LogP contribution >= 0.6 is 15.9 Å². The minimum atomic E-state index is -0.433. The van der Waals surface area contributed by atoms with Crippen LogP contribution in [0.2, 0.25) is 0 Å². The number of primary amides is 1. The zero-order valence-electron chi connectivity index (χ0n) is 11.5. The summed E-state index contributed by atoms with van der Waals surface area (Å²) in [6.45, 7) is 2.50. The number of aryl methyl sites for hydroxylation is 1. The van der Waals surface area contributed by atoms with Gasteiger partial charge in [0.1, 0.15) is 6.07 Å². The van der Waals surface area contributed by atoms with Gasteiger partial charge in [0.25, 0.3) is 0 Å². The molecular weight excluding hydrogens is 330 g/mol. The van der Waals surface area contributed by atoms with Crippen molar-refractivity contribution >= 4 is 27.5 Å². The first kappa shape index (κ1) is 15.1. The van der Waals surface area contributed by atoms with Gasteiger partial charge in [0.15, 0.2) is 0 Å². The number of anilines is 1. The summed E-state index contributed by atoms with van der Waals surface area (Å²) in [6.07, 6.45) is 0. The number of nitrogens with one attached hydrogen (secondary N) is 1. The van der Waals surface area contributed by atoms with Crippen molar-refractivity contribution in [3.63, 3.8) is 0 Å². The fraction of sp³-hybridized carbons (Fsp3) is 0.125. The first-order valence-corrected chi connectivity index (χ1v) is 7.13. The van der Waals surface area contributed by atoms with E-state index in [-0.39, 0.29) is 0 Å². The molecule has 0 aromatic heterocycles. The second kappa shape index (κ2) is 6.42. The second-order valence-corrected chi connectivity index (χ2v) is 5.58. The molecule has 0 aliphatic rings. The number of benzene rings is 2. The molecule has 3 N–H and O–H groups in total. The maximum Gasteiger partial charge on any atom is 0.248 e. The molecule has 2 rings (SSSR count). The predicted octanol–water partition coefficient (Wildman–Crippen LogP) is 3.34. The third-order valence-corrected chi connectivity index (χ3v) is 3.69. The smallest absolute Gasteiger partial charge is 0.248 e. The Morgan fingerprint density at radius 3 is 2.71 bits per heavy atom. The van der Waals surface area contributed by atoms with Crippen LogP contribution in [0.4, 0.5) is 5.69 Å². The van der Waals surface area contributed by atoms with Crippen molar-refractivity contribution in [2.75, 3.05) is 5.32 Å². The highest BCUT2D eigenvalue weighted by atomic mass is 79.9. The predicted molar refractivity (Wildman–Crippen MR) is 85.9 cm³/mol. The molecule has 0 saturated carbocycles. The first-order valence-electron chi connectivity index (χ1n) is 6.34. The summed E-state index contributed by atoms with van der Waals surface area (Å²) in [5, 5.41) is 12.4. The van der Waals surface area contributed by atoms with Gasteiger partial charge in [-0.3, -0.25) is 4.79 Å². The zero-order chi connectivity index (χ0) is 15.4. The Morgan fingerprint density at radius 2 is 2.10 bits per heavy atom. The average molecular weight is 344 g/mol. The topological polar surface area (TPSA) is 78.9 Å². The number of amides is 1. The van der Waals surface area contributed by atoms with E-state index in [9.17, 15) is 4.79 Å². The first-order chi connectivity index (χ1) is 10.0. The van der Waals surface area contributed by atoms with Crippen molar-refractivity contribution in [1.29, 1.82) is 5.26 Å². The highest BCUT2D eigenvalue weighted by Gasteiger charge is 2.06. The van der Waals surface area contributed by atoms with Crippen LogP contribution in [0.3, 0.4) is 0 Å². The van der Waals surface area contributed by atoms with Gasteiger partial charge in [0.05, 0.1) is 11.3 Å². The fourth-order valence-electron chi connectivity index (χ4n) is 2.00. The second-order valence-electron chi connectivity index (χ2n) is 4.66. The van der Waals surface area contributed by atoms with Gasteiger partial charge in [0.2, 0.25) is 5.91 Å². The molecule has 21 heavy (non-hydrogen) atoms. The lowest BCUT2D eigenvalue weighted by atomic mass is 10.0. The van der Waals surface area contributed by atoms with Crippen molar-refractivity contribution in [3.05, 3.63) is 63.1 Å². The van der Waals surface area contributed by atoms with Crippen LogP contribution in [-0.2, 0) is 6.54 Å². The maximum atomic E-state index is 11.1. The number of hydrogen-bond donors (Lipinski definition) is 2. The summed E-state index contributed by atoms with van der Waals surface area (Å²) in [6, 6.07) is 13.0. The summed E-state index contributed by atoms with van der Waals surface area (Å²) in [5.74, 6) is -0.433. The van der Waals surface area contributed by atoms with Crippen molar-refractivity contribution < 1.29 is 4.79 Å². The molecule has 1 amide bonds. The molecule has 106 valence electrons. The van der Waals surface area contributed by atoms with E-state index in [1.54, 1.807) is 18.2 Å². The van der Waals surface area contributed by atoms with E-state index >= 15 is 0 Å². The Bertz CT molecular complexity index is 735. The van der Waals surface area contributed by atoms with Crippen molar-refractivity contribution in [2.24, 2.45) is 5.73 Å². The highest BCUT2D eigenvalue weighted by molar-refractivity contribution is 9.10. The lowest BCUT2D eigenvalue weighted by Crippen LogP contribution is -2.12. The Labute approximate surface area is 131 Å². The average Bonchev–Trinajstić information content (AvgIpc) is 2.46. The number of carbonyl (C=O) groups is 1. The van der Waals surface area contributed by atoms with Crippen molar-refractivity contribution in [1.82, 2.24) is 0 Å². The zero-order valence-corrected chi connectivity index (χ0v) is 13.1. The van der Waals surface area contributed by atoms with Crippen molar-refractivity contribution in [3.8, 4) is 6.07 Å². The SMILES string of the molecule is Cc1cc(C(N)=O)ccc1CNc1ccc(Br)cc1C#N. The van der Waals surface area contributed by atoms with Crippen LogP contribution < -0.4 is 11.1 Å². The molecule has 0 bridgehead atoms. The largest absolute Gasteiger partial charge is 0.380 e. The standard InChI is InChI=1S/C16H14BrN3O/c1-10-6-11(16(19)21)2-3-12(10)9-20-15-5-4-14(17)7-13(15)8-18/h2-7,20H,9H2,1H3,(H2,19,21). The van der Waals surface area contributed by atoms with Crippen LogP contribution in [-0.4, -0.2) is 5.91 Å². The third-order valence-electron chi connectivity index (χ3n) is 3.20. The molecule has 4 nitrogen and oxygen atoms in total. The minimum absolute atomic E-state index is 0.433. The van der Waals surface area contributed by atoms with E-state index in [1.807, 2.05) is 25.1 Å². The molecule has 2 aromatic carbocycles. The van der Waals surface area contributed by atoms with Crippen LogP contribution in [0.1, 0.15) is 27.0 Å². The van der Waals surface area contributed by atoms with Gasteiger partial charge in [-0.25, -0.2) is 0 Å². The number of carbonyl (C=O) groups excluding carboxylic acids is 1. The molecule has 0 saturated heterocycles. The van der Waals surface area contributed by atoms with E-state index in [0.717, 1.165) is 21.3 Å². The van der Waals surface area contributed by atoms with Gasteiger partial charge in [-0.15, -0.1) is 0 Å². The van der Waals surface area contributed by atoms with Crippen molar-refractivity contribution in [2.45, 2.75) is 13.5 Å². The Balaban J connectivity index is 2.17. The quantitative estimate of drug-likeness (QED) is 0.893. The molecule has 0 aliphatic heterocycles. The number of halogens is 1.